The van der Waals surface area contributed by atoms with Crippen LogP contribution in [-0.2, 0) is 0 Å². The van der Waals surface area contributed by atoms with E-state index in [1.54, 1.807) is 0 Å². The standard InChI is InChI=1S/C12H23NS2/c1-2-10-3-4-11(7-10)13-8-12-9-14-5-6-15-12/h10-13H,2-9H2,1H3. The van der Waals surface area contributed by atoms with Crippen LogP contribution in [0.2, 0.25) is 0 Å². The van der Waals surface area contributed by atoms with Gasteiger partial charge in [0.15, 0.2) is 0 Å². The molecule has 3 atom stereocenters. The van der Waals surface area contributed by atoms with Gasteiger partial charge in [0.2, 0.25) is 0 Å². The van der Waals surface area contributed by atoms with E-state index in [1.807, 2.05) is 0 Å². The van der Waals surface area contributed by atoms with Gasteiger partial charge in [0.05, 0.1) is 0 Å². The molecule has 0 spiro atoms. The van der Waals surface area contributed by atoms with E-state index in [9.17, 15) is 0 Å². The highest BCUT2D eigenvalue weighted by atomic mass is 32.2. The molecule has 0 aromatic carbocycles. The second-order valence-corrected chi connectivity index (χ2v) is 7.32. The van der Waals surface area contributed by atoms with E-state index in [0.717, 1.165) is 17.2 Å². The second-order valence-electron chi connectivity index (χ2n) is 4.76. The van der Waals surface area contributed by atoms with E-state index in [-0.39, 0.29) is 0 Å². The van der Waals surface area contributed by atoms with Crippen LogP contribution in [-0.4, -0.2) is 35.1 Å². The minimum atomic E-state index is 0.836. The minimum Gasteiger partial charge on any atom is -0.313 e. The maximum atomic E-state index is 3.78. The molecule has 2 rings (SSSR count). The first kappa shape index (κ1) is 12.1. The van der Waals surface area contributed by atoms with Crippen LogP contribution < -0.4 is 5.32 Å². The smallest absolute Gasteiger partial charge is 0.0263 e. The van der Waals surface area contributed by atoms with Gasteiger partial charge in [-0.2, -0.15) is 23.5 Å². The van der Waals surface area contributed by atoms with Crippen molar-refractivity contribution in [2.24, 2.45) is 5.92 Å². The summed E-state index contributed by atoms with van der Waals surface area (Å²) >= 11 is 4.30. The summed E-state index contributed by atoms with van der Waals surface area (Å²) in [4.78, 5) is 0. The van der Waals surface area contributed by atoms with Crippen LogP contribution >= 0.6 is 23.5 Å². The zero-order chi connectivity index (χ0) is 10.5. The Balaban J connectivity index is 1.61. The zero-order valence-electron chi connectivity index (χ0n) is 9.71. The molecule has 1 aliphatic carbocycles. The lowest BCUT2D eigenvalue weighted by atomic mass is 10.1. The summed E-state index contributed by atoms with van der Waals surface area (Å²) in [7, 11) is 0. The van der Waals surface area contributed by atoms with Crippen molar-refractivity contribution in [3.05, 3.63) is 0 Å². The third-order valence-electron chi connectivity index (χ3n) is 3.64. The van der Waals surface area contributed by atoms with Gasteiger partial charge in [-0.3, -0.25) is 0 Å². The topological polar surface area (TPSA) is 12.0 Å². The maximum absolute atomic E-state index is 3.78. The molecule has 0 radical (unpaired) electrons. The molecule has 1 N–H and O–H groups in total. The van der Waals surface area contributed by atoms with Crippen molar-refractivity contribution in [2.75, 3.05) is 23.8 Å². The molecule has 2 aliphatic rings. The van der Waals surface area contributed by atoms with Gasteiger partial charge < -0.3 is 5.32 Å². The molecule has 2 fully saturated rings. The highest BCUT2D eigenvalue weighted by Crippen LogP contribution is 2.29. The van der Waals surface area contributed by atoms with Crippen LogP contribution in [0, 0.1) is 5.92 Å². The van der Waals surface area contributed by atoms with E-state index in [0.29, 0.717) is 0 Å². The van der Waals surface area contributed by atoms with Crippen molar-refractivity contribution in [1.29, 1.82) is 0 Å². The van der Waals surface area contributed by atoms with Crippen molar-refractivity contribution in [3.8, 4) is 0 Å². The Morgan fingerprint density at radius 3 is 2.87 bits per heavy atom. The molecule has 1 saturated carbocycles. The fourth-order valence-corrected chi connectivity index (χ4v) is 5.21. The largest absolute Gasteiger partial charge is 0.313 e. The number of thioether (sulfide) groups is 2. The third-order valence-corrected chi connectivity index (χ3v) is 6.48. The molecule has 3 heteroatoms. The van der Waals surface area contributed by atoms with Crippen LogP contribution in [0.3, 0.4) is 0 Å². The summed E-state index contributed by atoms with van der Waals surface area (Å²) in [6.07, 6.45) is 5.69. The van der Waals surface area contributed by atoms with Crippen molar-refractivity contribution in [3.63, 3.8) is 0 Å². The first-order chi connectivity index (χ1) is 7.38. The molecule has 1 heterocycles. The van der Waals surface area contributed by atoms with E-state index in [1.165, 1.54) is 49.5 Å². The molecule has 0 amide bonds. The van der Waals surface area contributed by atoms with Crippen LogP contribution in [0.5, 0.6) is 0 Å². The molecule has 0 aromatic heterocycles. The fraction of sp³-hybridized carbons (Fsp3) is 1.00. The molecule has 1 saturated heterocycles. The first-order valence-corrected chi connectivity index (χ1v) is 8.51. The first-order valence-electron chi connectivity index (χ1n) is 6.31. The summed E-state index contributed by atoms with van der Waals surface area (Å²) in [5, 5.41) is 4.66. The number of rotatable bonds is 4. The van der Waals surface area contributed by atoms with Gasteiger partial charge >= 0.3 is 0 Å². The fourth-order valence-electron chi connectivity index (χ4n) is 2.58. The molecule has 88 valence electrons. The zero-order valence-corrected chi connectivity index (χ0v) is 11.3. The highest BCUT2D eigenvalue weighted by Gasteiger charge is 2.24. The summed E-state index contributed by atoms with van der Waals surface area (Å²) in [6.45, 7) is 3.58. The average molecular weight is 245 g/mol. The van der Waals surface area contributed by atoms with Crippen LogP contribution in [0.15, 0.2) is 0 Å². The van der Waals surface area contributed by atoms with E-state index >= 15 is 0 Å². The van der Waals surface area contributed by atoms with Crippen molar-refractivity contribution < 1.29 is 0 Å². The summed E-state index contributed by atoms with van der Waals surface area (Å²) in [5.74, 6) is 5.10. The number of nitrogens with one attached hydrogen (secondary N) is 1. The van der Waals surface area contributed by atoms with Crippen LogP contribution in [0.25, 0.3) is 0 Å². The van der Waals surface area contributed by atoms with Crippen molar-refractivity contribution >= 4 is 23.5 Å². The second kappa shape index (κ2) is 6.41. The van der Waals surface area contributed by atoms with Crippen molar-refractivity contribution in [1.82, 2.24) is 5.32 Å². The Labute approximate surface area is 103 Å². The molecule has 15 heavy (non-hydrogen) atoms. The molecular weight excluding hydrogens is 222 g/mol. The van der Waals surface area contributed by atoms with Gasteiger partial charge in [0, 0.05) is 35.1 Å². The molecule has 3 unspecified atom stereocenters. The Hall–Kier alpha value is 0.660. The maximum Gasteiger partial charge on any atom is 0.0263 e. The molecular formula is C12H23NS2. The molecule has 0 aromatic rings. The number of hydrogen-bond donors (Lipinski definition) is 1. The van der Waals surface area contributed by atoms with Crippen LogP contribution in [0.4, 0.5) is 0 Å². The quantitative estimate of drug-likeness (QED) is 0.818. The Bertz CT molecular complexity index is 180. The predicted octanol–water partition coefficient (Wildman–Crippen LogP) is 3.00. The summed E-state index contributed by atoms with van der Waals surface area (Å²) in [5.41, 5.74) is 0. The Morgan fingerprint density at radius 1 is 1.27 bits per heavy atom. The van der Waals surface area contributed by atoms with Gasteiger partial charge in [-0.05, 0) is 25.2 Å². The minimum absolute atomic E-state index is 0.836. The molecule has 0 bridgehead atoms. The van der Waals surface area contributed by atoms with Gasteiger partial charge in [-0.1, -0.05) is 13.3 Å². The Kier molecular flexibility index (Phi) is 5.18. The normalized spacial score (nSPS) is 37.0. The van der Waals surface area contributed by atoms with E-state index in [4.69, 9.17) is 0 Å². The monoisotopic (exact) mass is 245 g/mol. The van der Waals surface area contributed by atoms with Crippen LogP contribution in [0.1, 0.15) is 32.6 Å². The van der Waals surface area contributed by atoms with E-state index in [2.05, 4.69) is 35.8 Å². The Morgan fingerprint density at radius 2 is 2.20 bits per heavy atom. The molecule has 1 aliphatic heterocycles. The van der Waals surface area contributed by atoms with Gasteiger partial charge in [0.1, 0.15) is 0 Å². The summed E-state index contributed by atoms with van der Waals surface area (Å²) in [6, 6.07) is 0.836. The average Bonchev–Trinajstić information content (AvgIpc) is 2.76. The summed E-state index contributed by atoms with van der Waals surface area (Å²) < 4.78 is 0. The van der Waals surface area contributed by atoms with Gasteiger partial charge in [-0.25, -0.2) is 0 Å². The SMILES string of the molecule is CCC1CCC(NCC2CSCCS2)C1. The number of hydrogen-bond acceptors (Lipinski definition) is 3. The lowest BCUT2D eigenvalue weighted by Gasteiger charge is -2.23. The van der Waals surface area contributed by atoms with Gasteiger partial charge in [0.25, 0.3) is 0 Å². The van der Waals surface area contributed by atoms with Crippen molar-refractivity contribution in [2.45, 2.75) is 43.9 Å². The van der Waals surface area contributed by atoms with E-state index < -0.39 is 0 Å². The third kappa shape index (κ3) is 3.86. The highest BCUT2D eigenvalue weighted by molar-refractivity contribution is 8.06. The van der Waals surface area contributed by atoms with Gasteiger partial charge in [-0.15, -0.1) is 0 Å². The lowest BCUT2D eigenvalue weighted by Crippen LogP contribution is -2.35. The molecule has 1 nitrogen and oxygen atoms in total. The predicted molar refractivity (Wildman–Crippen MR) is 73.0 cm³/mol. The lowest BCUT2D eigenvalue weighted by molar-refractivity contribution is 0.479.